The summed E-state index contributed by atoms with van der Waals surface area (Å²) in [5.74, 6) is -1.03. The molecule has 0 aromatic rings. The normalized spacial score (nSPS) is 14.3. The van der Waals surface area contributed by atoms with E-state index in [1.807, 2.05) is 0 Å². The molecule has 3 atom stereocenters. The van der Waals surface area contributed by atoms with E-state index in [0.29, 0.717) is 12.8 Å². The SMILES string of the molecule is CCCCC/C=C\C/C=C\C/C=C\CCCCCCCCC(=O)OC(CO)COP(=O)(O)OCC(CO)OC(=O)CCCCCCCCCCCC. The number of unbranched alkanes of at least 4 members (excludes halogenated alkanes) is 18. The van der Waals surface area contributed by atoms with Crippen molar-refractivity contribution in [2.75, 3.05) is 26.4 Å². The Kier molecular flexibility index (Phi) is 36.2. The summed E-state index contributed by atoms with van der Waals surface area (Å²) in [5.41, 5.74) is 0. The van der Waals surface area contributed by atoms with Gasteiger partial charge in [0.05, 0.1) is 26.4 Å². The van der Waals surface area contributed by atoms with Gasteiger partial charge in [-0.1, -0.05) is 147 Å². The third-order valence-electron chi connectivity index (χ3n) is 8.61. The van der Waals surface area contributed by atoms with Gasteiger partial charge in [-0.2, -0.15) is 0 Å². The van der Waals surface area contributed by atoms with Crippen LogP contribution in [0.3, 0.4) is 0 Å². The van der Waals surface area contributed by atoms with Crippen LogP contribution in [0.15, 0.2) is 36.5 Å². The topological polar surface area (TPSA) is 149 Å². The maximum Gasteiger partial charge on any atom is 0.472 e. The monoisotopic (exact) mass is 759 g/mol. The predicted molar refractivity (Wildman–Crippen MR) is 210 cm³/mol. The fourth-order valence-electron chi connectivity index (χ4n) is 5.41. The molecular formula is C41H75O10P. The Balaban J connectivity index is 3.96. The second kappa shape index (κ2) is 37.5. The molecule has 52 heavy (non-hydrogen) atoms. The summed E-state index contributed by atoms with van der Waals surface area (Å²) in [5, 5.41) is 19.1. The van der Waals surface area contributed by atoms with E-state index in [9.17, 15) is 29.3 Å². The molecule has 0 aliphatic rings. The zero-order valence-electron chi connectivity index (χ0n) is 32.8. The van der Waals surface area contributed by atoms with Gasteiger partial charge in [-0.15, -0.1) is 0 Å². The van der Waals surface area contributed by atoms with E-state index in [2.05, 4.69) is 50.3 Å². The van der Waals surface area contributed by atoms with E-state index in [-0.39, 0.29) is 12.8 Å². The number of carbonyl (C=O) groups is 2. The van der Waals surface area contributed by atoms with Gasteiger partial charge in [-0.05, 0) is 51.4 Å². The molecule has 0 saturated carbocycles. The highest BCUT2D eigenvalue weighted by atomic mass is 31.2. The van der Waals surface area contributed by atoms with Gasteiger partial charge in [0.25, 0.3) is 0 Å². The van der Waals surface area contributed by atoms with E-state index in [1.54, 1.807) is 0 Å². The highest BCUT2D eigenvalue weighted by Crippen LogP contribution is 2.43. The van der Waals surface area contributed by atoms with Crippen molar-refractivity contribution >= 4 is 19.8 Å². The Labute approximate surface area is 316 Å². The van der Waals surface area contributed by atoms with Crippen molar-refractivity contribution in [3.63, 3.8) is 0 Å². The number of aliphatic hydroxyl groups excluding tert-OH is 2. The van der Waals surface area contributed by atoms with Crippen molar-refractivity contribution in [3.05, 3.63) is 36.5 Å². The number of hydrogen-bond acceptors (Lipinski definition) is 9. The maximum atomic E-state index is 12.3. The first-order valence-corrected chi connectivity index (χ1v) is 21.9. The van der Waals surface area contributed by atoms with Crippen molar-refractivity contribution in [1.29, 1.82) is 0 Å². The summed E-state index contributed by atoms with van der Waals surface area (Å²) >= 11 is 0. The summed E-state index contributed by atoms with van der Waals surface area (Å²) in [7, 11) is -4.63. The number of aliphatic hydroxyl groups is 2. The molecule has 11 heteroatoms. The molecule has 0 radical (unpaired) electrons. The molecule has 0 aromatic carbocycles. The molecule has 0 saturated heterocycles. The lowest BCUT2D eigenvalue weighted by Crippen LogP contribution is -2.28. The first-order valence-electron chi connectivity index (χ1n) is 20.4. The van der Waals surface area contributed by atoms with Gasteiger partial charge in [-0.25, -0.2) is 4.57 Å². The molecule has 0 aliphatic carbocycles. The third kappa shape index (κ3) is 35.2. The average molecular weight is 759 g/mol. The quantitative estimate of drug-likeness (QED) is 0.0240. The Morgan fingerprint density at radius 1 is 0.519 bits per heavy atom. The maximum absolute atomic E-state index is 12.3. The second-order valence-corrected chi connectivity index (χ2v) is 15.1. The molecule has 0 heterocycles. The fraction of sp³-hybridized carbons (Fsp3) is 0.805. The van der Waals surface area contributed by atoms with Crippen LogP contribution in [0.4, 0.5) is 0 Å². The van der Waals surface area contributed by atoms with Gasteiger partial charge in [0.2, 0.25) is 0 Å². The van der Waals surface area contributed by atoms with Crippen LogP contribution in [-0.2, 0) is 32.7 Å². The number of phosphoric acid groups is 1. The molecule has 304 valence electrons. The Bertz CT molecular complexity index is 967. The van der Waals surface area contributed by atoms with Gasteiger partial charge < -0.3 is 24.6 Å². The molecular weight excluding hydrogens is 683 g/mol. The highest BCUT2D eigenvalue weighted by molar-refractivity contribution is 7.47. The highest BCUT2D eigenvalue weighted by Gasteiger charge is 2.27. The van der Waals surface area contributed by atoms with Crippen LogP contribution in [0.1, 0.15) is 174 Å². The van der Waals surface area contributed by atoms with Gasteiger partial charge in [0, 0.05) is 12.8 Å². The van der Waals surface area contributed by atoms with Crippen LogP contribution in [0, 0.1) is 0 Å². The van der Waals surface area contributed by atoms with E-state index in [4.69, 9.17) is 18.5 Å². The van der Waals surface area contributed by atoms with Gasteiger partial charge >= 0.3 is 19.8 Å². The minimum Gasteiger partial charge on any atom is -0.457 e. The molecule has 0 rings (SSSR count). The number of carbonyl (C=O) groups excluding carboxylic acids is 2. The van der Waals surface area contributed by atoms with E-state index >= 15 is 0 Å². The molecule has 10 nitrogen and oxygen atoms in total. The number of rotatable bonds is 38. The molecule has 0 fully saturated rings. The van der Waals surface area contributed by atoms with Crippen LogP contribution < -0.4 is 0 Å². The van der Waals surface area contributed by atoms with Crippen LogP contribution in [0.2, 0.25) is 0 Å². The minimum atomic E-state index is -4.63. The van der Waals surface area contributed by atoms with Gasteiger partial charge in [-0.3, -0.25) is 18.6 Å². The fourth-order valence-corrected chi connectivity index (χ4v) is 6.20. The standard InChI is InChI=1S/C41H75O10P/c1-3-5-7-9-11-13-15-16-17-18-19-20-21-22-23-25-27-29-31-33-41(45)51-39(35-43)37-49-52(46,47)48-36-38(34-42)50-40(44)32-30-28-26-24-14-12-10-8-6-4-2/h11,13,16-17,19-20,38-39,42-43H,3-10,12,14-15,18,21-37H2,1-2H3,(H,46,47)/b13-11-,17-16-,20-19-. The molecule has 0 bridgehead atoms. The summed E-state index contributed by atoms with van der Waals surface area (Å²) < 4.78 is 32.5. The number of ether oxygens (including phenoxy) is 2. The van der Waals surface area contributed by atoms with Crippen LogP contribution in [-0.4, -0.2) is 65.7 Å². The Morgan fingerprint density at radius 2 is 0.846 bits per heavy atom. The smallest absolute Gasteiger partial charge is 0.457 e. The minimum absolute atomic E-state index is 0.178. The Morgan fingerprint density at radius 3 is 1.25 bits per heavy atom. The number of phosphoric ester groups is 1. The molecule has 0 amide bonds. The van der Waals surface area contributed by atoms with Gasteiger partial charge in [0.1, 0.15) is 12.2 Å². The predicted octanol–water partition coefficient (Wildman–Crippen LogP) is 10.4. The zero-order valence-corrected chi connectivity index (χ0v) is 33.7. The lowest BCUT2D eigenvalue weighted by molar-refractivity contribution is -0.153. The first-order chi connectivity index (χ1) is 25.3. The van der Waals surface area contributed by atoms with Crippen molar-refractivity contribution in [2.45, 2.75) is 187 Å². The van der Waals surface area contributed by atoms with Crippen molar-refractivity contribution in [1.82, 2.24) is 0 Å². The van der Waals surface area contributed by atoms with E-state index < -0.39 is 58.4 Å². The molecule has 3 unspecified atom stereocenters. The number of hydrogen-bond donors (Lipinski definition) is 3. The molecule has 0 aromatic heterocycles. The van der Waals surface area contributed by atoms with Crippen LogP contribution in [0.25, 0.3) is 0 Å². The van der Waals surface area contributed by atoms with E-state index in [0.717, 1.165) is 70.6 Å². The Hall–Kier alpha value is -1.81. The average Bonchev–Trinajstić information content (AvgIpc) is 3.13. The summed E-state index contributed by atoms with van der Waals surface area (Å²) in [6.45, 7) is 2.14. The molecule has 3 N–H and O–H groups in total. The van der Waals surface area contributed by atoms with Crippen LogP contribution >= 0.6 is 7.82 Å². The van der Waals surface area contributed by atoms with Gasteiger partial charge in [0.15, 0.2) is 0 Å². The first kappa shape index (κ1) is 50.2. The zero-order chi connectivity index (χ0) is 38.4. The third-order valence-corrected chi connectivity index (χ3v) is 9.56. The summed E-state index contributed by atoms with van der Waals surface area (Å²) in [6.07, 6.45) is 36.9. The van der Waals surface area contributed by atoms with Crippen molar-refractivity contribution in [2.24, 2.45) is 0 Å². The summed E-state index contributed by atoms with van der Waals surface area (Å²) in [6, 6.07) is 0. The summed E-state index contributed by atoms with van der Waals surface area (Å²) in [4.78, 5) is 34.4. The van der Waals surface area contributed by atoms with Crippen LogP contribution in [0.5, 0.6) is 0 Å². The lowest BCUT2D eigenvalue weighted by Gasteiger charge is -2.20. The van der Waals surface area contributed by atoms with Crippen molar-refractivity contribution < 1.29 is 47.8 Å². The largest absolute Gasteiger partial charge is 0.472 e. The molecule has 0 spiro atoms. The molecule has 0 aliphatic heterocycles. The van der Waals surface area contributed by atoms with E-state index in [1.165, 1.54) is 64.2 Å². The van der Waals surface area contributed by atoms with Crippen molar-refractivity contribution in [3.8, 4) is 0 Å². The number of esters is 2. The second-order valence-electron chi connectivity index (χ2n) is 13.6. The number of allylic oxidation sites excluding steroid dienone is 6. The lowest BCUT2D eigenvalue weighted by atomic mass is 10.1.